The molecule has 0 aliphatic carbocycles. The van der Waals surface area contributed by atoms with Gasteiger partial charge in [-0.25, -0.2) is 0 Å². The molecular weight excluding hydrogens is 166 g/mol. The minimum atomic E-state index is -0.606. The Hall–Kier alpha value is -1.38. The summed E-state index contributed by atoms with van der Waals surface area (Å²) in [5, 5.41) is 10.5. The quantitative estimate of drug-likeness (QED) is 0.528. The predicted molar refractivity (Wildman–Crippen MR) is 51.2 cm³/mol. The smallest absolute Gasteiger partial charge is 0.235 e. The van der Waals surface area contributed by atoms with Gasteiger partial charge in [0.1, 0.15) is 0 Å². The van der Waals surface area contributed by atoms with Gasteiger partial charge in [0.15, 0.2) is 0 Å². The van der Waals surface area contributed by atoms with E-state index in [-0.39, 0.29) is 4.92 Å². The van der Waals surface area contributed by atoms with Gasteiger partial charge in [0.2, 0.25) is 6.04 Å². The maximum absolute atomic E-state index is 10.5. The van der Waals surface area contributed by atoms with Crippen LogP contribution in [0.15, 0.2) is 24.3 Å². The first-order valence-corrected chi connectivity index (χ1v) is 4.37. The molecule has 0 radical (unpaired) electrons. The molecule has 0 aliphatic heterocycles. The number of nitro groups is 1. The summed E-state index contributed by atoms with van der Waals surface area (Å²) in [4.78, 5) is 10.2. The van der Waals surface area contributed by atoms with E-state index in [9.17, 15) is 10.1 Å². The SMILES string of the molecule is CCc1ccc(C(C)[N+](=O)[O-])cc1. The van der Waals surface area contributed by atoms with Gasteiger partial charge in [0.05, 0.1) is 0 Å². The fourth-order valence-electron chi connectivity index (χ4n) is 1.15. The molecule has 0 aromatic heterocycles. The fraction of sp³-hybridized carbons (Fsp3) is 0.400. The summed E-state index contributed by atoms with van der Waals surface area (Å²) in [6.45, 7) is 3.66. The second kappa shape index (κ2) is 4.03. The summed E-state index contributed by atoms with van der Waals surface area (Å²) >= 11 is 0. The van der Waals surface area contributed by atoms with Crippen molar-refractivity contribution in [3.63, 3.8) is 0 Å². The molecule has 0 saturated heterocycles. The standard InChI is InChI=1S/C10H13NO2/c1-3-9-4-6-10(7-5-9)8(2)11(12)13/h4-8H,3H2,1-2H3. The van der Waals surface area contributed by atoms with E-state index in [1.54, 1.807) is 6.92 Å². The molecule has 0 heterocycles. The Morgan fingerprint density at radius 1 is 1.38 bits per heavy atom. The first-order chi connectivity index (χ1) is 6.15. The number of rotatable bonds is 3. The average Bonchev–Trinajstić information content (AvgIpc) is 2.17. The highest BCUT2D eigenvalue weighted by Crippen LogP contribution is 2.16. The molecule has 0 fully saturated rings. The number of aryl methyl sites for hydroxylation is 1. The molecule has 0 bridgehead atoms. The topological polar surface area (TPSA) is 43.1 Å². The van der Waals surface area contributed by atoms with E-state index >= 15 is 0 Å². The molecule has 70 valence electrons. The average molecular weight is 179 g/mol. The van der Waals surface area contributed by atoms with Gasteiger partial charge in [0.25, 0.3) is 0 Å². The van der Waals surface area contributed by atoms with Gasteiger partial charge in [-0.15, -0.1) is 0 Å². The Bertz CT molecular complexity index is 292. The third kappa shape index (κ3) is 2.28. The molecule has 1 aromatic carbocycles. The summed E-state index contributed by atoms with van der Waals surface area (Å²) in [7, 11) is 0. The molecule has 3 heteroatoms. The molecule has 0 N–H and O–H groups in total. The van der Waals surface area contributed by atoms with E-state index in [0.29, 0.717) is 0 Å². The monoisotopic (exact) mass is 179 g/mol. The summed E-state index contributed by atoms with van der Waals surface area (Å²) in [6, 6.07) is 6.93. The van der Waals surface area contributed by atoms with E-state index in [4.69, 9.17) is 0 Å². The lowest BCUT2D eigenvalue weighted by Crippen LogP contribution is -2.05. The van der Waals surface area contributed by atoms with Crippen molar-refractivity contribution >= 4 is 0 Å². The van der Waals surface area contributed by atoms with Crippen LogP contribution in [0.25, 0.3) is 0 Å². The zero-order chi connectivity index (χ0) is 9.84. The van der Waals surface area contributed by atoms with Crippen LogP contribution in [-0.2, 0) is 6.42 Å². The van der Waals surface area contributed by atoms with Crippen molar-refractivity contribution in [1.29, 1.82) is 0 Å². The van der Waals surface area contributed by atoms with Crippen LogP contribution in [0, 0.1) is 10.1 Å². The van der Waals surface area contributed by atoms with Crippen LogP contribution in [-0.4, -0.2) is 4.92 Å². The van der Waals surface area contributed by atoms with Crippen LogP contribution in [0.1, 0.15) is 31.0 Å². The first kappa shape index (κ1) is 9.71. The minimum absolute atomic E-state index is 0.277. The molecule has 3 nitrogen and oxygen atoms in total. The van der Waals surface area contributed by atoms with E-state index < -0.39 is 6.04 Å². The molecule has 0 spiro atoms. The molecule has 0 amide bonds. The zero-order valence-corrected chi connectivity index (χ0v) is 7.86. The van der Waals surface area contributed by atoms with Gasteiger partial charge in [-0.1, -0.05) is 31.2 Å². The largest absolute Gasteiger partial charge is 0.264 e. The van der Waals surface area contributed by atoms with Crippen LogP contribution < -0.4 is 0 Å². The highest BCUT2D eigenvalue weighted by Gasteiger charge is 2.14. The summed E-state index contributed by atoms with van der Waals surface area (Å²) in [5.41, 5.74) is 1.97. The Kier molecular flexibility index (Phi) is 3.01. The summed E-state index contributed by atoms with van der Waals surface area (Å²) < 4.78 is 0. The lowest BCUT2D eigenvalue weighted by atomic mass is 10.1. The summed E-state index contributed by atoms with van der Waals surface area (Å²) in [6.07, 6.45) is 0.965. The van der Waals surface area contributed by atoms with Crippen LogP contribution >= 0.6 is 0 Å². The van der Waals surface area contributed by atoms with Crippen molar-refractivity contribution in [2.75, 3.05) is 0 Å². The lowest BCUT2D eigenvalue weighted by Gasteiger charge is -2.04. The molecular formula is C10H13NO2. The molecule has 1 rings (SSSR count). The van der Waals surface area contributed by atoms with E-state index in [1.165, 1.54) is 5.56 Å². The number of nitrogens with zero attached hydrogens (tertiary/aromatic N) is 1. The molecule has 13 heavy (non-hydrogen) atoms. The fourth-order valence-corrected chi connectivity index (χ4v) is 1.15. The van der Waals surface area contributed by atoms with Crippen molar-refractivity contribution < 1.29 is 4.92 Å². The van der Waals surface area contributed by atoms with Crippen LogP contribution in [0.5, 0.6) is 0 Å². The predicted octanol–water partition coefficient (Wildman–Crippen LogP) is 2.59. The number of benzene rings is 1. The van der Waals surface area contributed by atoms with Crippen LogP contribution in [0.4, 0.5) is 0 Å². The van der Waals surface area contributed by atoms with Gasteiger partial charge >= 0.3 is 0 Å². The van der Waals surface area contributed by atoms with Gasteiger partial charge in [-0.2, -0.15) is 0 Å². The molecule has 1 aromatic rings. The van der Waals surface area contributed by atoms with Crippen molar-refractivity contribution in [2.45, 2.75) is 26.3 Å². The van der Waals surface area contributed by atoms with Gasteiger partial charge in [-0.05, 0) is 12.0 Å². The first-order valence-electron chi connectivity index (χ1n) is 4.37. The summed E-state index contributed by atoms with van der Waals surface area (Å²) in [5.74, 6) is 0. The number of hydrogen-bond donors (Lipinski definition) is 0. The highest BCUT2D eigenvalue weighted by atomic mass is 16.6. The number of hydrogen-bond acceptors (Lipinski definition) is 2. The van der Waals surface area contributed by atoms with Gasteiger partial charge in [0, 0.05) is 17.4 Å². The van der Waals surface area contributed by atoms with Crippen molar-refractivity contribution in [3.8, 4) is 0 Å². The van der Waals surface area contributed by atoms with Gasteiger partial charge in [-0.3, -0.25) is 10.1 Å². The molecule has 1 atom stereocenters. The maximum atomic E-state index is 10.5. The highest BCUT2D eigenvalue weighted by molar-refractivity contribution is 5.23. The second-order valence-corrected chi connectivity index (χ2v) is 3.06. The van der Waals surface area contributed by atoms with Gasteiger partial charge < -0.3 is 0 Å². The Labute approximate surface area is 77.5 Å². The third-order valence-electron chi connectivity index (χ3n) is 2.19. The van der Waals surface area contributed by atoms with Crippen molar-refractivity contribution in [3.05, 3.63) is 45.5 Å². The third-order valence-corrected chi connectivity index (χ3v) is 2.19. The second-order valence-electron chi connectivity index (χ2n) is 3.06. The van der Waals surface area contributed by atoms with E-state index in [0.717, 1.165) is 12.0 Å². The molecule has 1 unspecified atom stereocenters. The minimum Gasteiger partial charge on any atom is -0.264 e. The normalized spacial score (nSPS) is 12.5. The lowest BCUT2D eigenvalue weighted by molar-refractivity contribution is -0.524. The van der Waals surface area contributed by atoms with Crippen LogP contribution in [0.2, 0.25) is 0 Å². The van der Waals surface area contributed by atoms with E-state index in [1.807, 2.05) is 24.3 Å². The Morgan fingerprint density at radius 3 is 2.31 bits per heavy atom. The maximum Gasteiger partial charge on any atom is 0.235 e. The van der Waals surface area contributed by atoms with Crippen LogP contribution in [0.3, 0.4) is 0 Å². The molecule has 0 saturated carbocycles. The Balaban J connectivity index is 2.85. The zero-order valence-electron chi connectivity index (χ0n) is 7.86. The molecule has 0 aliphatic rings. The van der Waals surface area contributed by atoms with Crippen molar-refractivity contribution in [2.24, 2.45) is 0 Å². The van der Waals surface area contributed by atoms with E-state index in [2.05, 4.69) is 6.92 Å². The Morgan fingerprint density at radius 2 is 1.92 bits per heavy atom. The van der Waals surface area contributed by atoms with Crippen molar-refractivity contribution in [1.82, 2.24) is 0 Å².